The molecule has 0 radical (unpaired) electrons. The predicted octanol–water partition coefficient (Wildman–Crippen LogP) is 1.24. The third-order valence-electron chi connectivity index (χ3n) is 4.40. The van der Waals surface area contributed by atoms with Gasteiger partial charge in [-0.15, -0.1) is 0 Å². The summed E-state index contributed by atoms with van der Waals surface area (Å²) < 4.78 is 0. The van der Waals surface area contributed by atoms with Gasteiger partial charge in [0.05, 0.1) is 18.7 Å². The van der Waals surface area contributed by atoms with Gasteiger partial charge in [0.25, 0.3) is 0 Å². The molecule has 0 aromatic carbocycles. The monoisotopic (exact) mass is 265 g/mol. The lowest BCUT2D eigenvalue weighted by molar-refractivity contribution is -0.122. The van der Waals surface area contributed by atoms with Crippen molar-refractivity contribution in [3.8, 4) is 0 Å². The number of carbonyl (C=O) groups excluding carboxylic acids is 1. The second-order valence-corrected chi connectivity index (χ2v) is 5.91. The number of amides is 1. The predicted molar refractivity (Wildman–Crippen MR) is 72.7 cm³/mol. The molecule has 0 saturated heterocycles. The number of hydrogen-bond donors (Lipinski definition) is 3. The Balaban J connectivity index is 1.99. The first-order chi connectivity index (χ1) is 8.96. The maximum absolute atomic E-state index is 12.1. The molecule has 19 heavy (non-hydrogen) atoms. The molecule has 2 rings (SSSR count). The third kappa shape index (κ3) is 2.81. The third-order valence-corrected chi connectivity index (χ3v) is 4.40. The molecule has 1 amide bonds. The van der Waals surface area contributed by atoms with Gasteiger partial charge in [-0.25, -0.2) is 0 Å². The van der Waals surface area contributed by atoms with Crippen molar-refractivity contribution in [1.82, 2.24) is 15.5 Å². The lowest BCUT2D eigenvalue weighted by Crippen LogP contribution is -2.45. The topological polar surface area (TPSA) is 78.0 Å². The molecular formula is C14H23N3O2. The Morgan fingerprint density at radius 2 is 2.32 bits per heavy atom. The molecule has 1 aliphatic rings. The highest BCUT2D eigenvalue weighted by molar-refractivity contribution is 5.79. The van der Waals surface area contributed by atoms with Crippen molar-refractivity contribution >= 4 is 5.91 Å². The van der Waals surface area contributed by atoms with Crippen LogP contribution in [-0.4, -0.2) is 33.9 Å². The molecule has 1 heterocycles. The lowest BCUT2D eigenvalue weighted by atomic mass is 9.85. The van der Waals surface area contributed by atoms with Crippen LogP contribution in [0.3, 0.4) is 0 Å². The number of hydrogen-bond acceptors (Lipinski definition) is 3. The van der Waals surface area contributed by atoms with Crippen LogP contribution in [0, 0.1) is 19.3 Å². The van der Waals surface area contributed by atoms with Gasteiger partial charge in [-0.05, 0) is 26.7 Å². The normalized spacial score (nSPS) is 26.6. The fourth-order valence-electron chi connectivity index (χ4n) is 2.91. The zero-order valence-electron chi connectivity index (χ0n) is 11.9. The minimum absolute atomic E-state index is 0.0131. The number of aliphatic hydroxyl groups excluding tert-OH is 1. The number of nitrogens with one attached hydrogen (secondary N) is 2. The van der Waals surface area contributed by atoms with Crippen LogP contribution >= 0.6 is 0 Å². The fraction of sp³-hybridized carbons (Fsp3) is 0.714. The minimum Gasteiger partial charge on any atom is -0.396 e. The summed E-state index contributed by atoms with van der Waals surface area (Å²) in [5.74, 6) is 0.0131. The first kappa shape index (κ1) is 14.1. The highest BCUT2D eigenvalue weighted by Crippen LogP contribution is 2.37. The van der Waals surface area contributed by atoms with E-state index in [4.69, 9.17) is 0 Å². The Kier molecular flexibility index (Phi) is 3.94. The number of carbonyl (C=O) groups is 1. The van der Waals surface area contributed by atoms with Crippen LogP contribution in [0.2, 0.25) is 0 Å². The standard InChI is InChI=1S/C14H23N3O2/c1-9-11(10(2)17-16-9)7-13(19)15-12-5-4-6-14(12,3)8-18/h12,18H,4-8H2,1-3H3,(H,15,19)(H,16,17)/t12-,14-/m1/s1. The quantitative estimate of drug-likeness (QED) is 0.766. The Morgan fingerprint density at radius 1 is 1.58 bits per heavy atom. The van der Waals surface area contributed by atoms with Crippen molar-refractivity contribution in [2.45, 2.75) is 52.5 Å². The van der Waals surface area contributed by atoms with Crippen LogP contribution in [-0.2, 0) is 11.2 Å². The van der Waals surface area contributed by atoms with Gasteiger partial charge < -0.3 is 10.4 Å². The SMILES string of the molecule is Cc1n[nH]c(C)c1CC(=O)N[C@@H]1CCC[C@]1(C)CO. The molecule has 1 aliphatic carbocycles. The van der Waals surface area contributed by atoms with Gasteiger partial charge in [-0.3, -0.25) is 9.89 Å². The van der Waals surface area contributed by atoms with E-state index in [0.717, 1.165) is 36.2 Å². The number of nitrogens with zero attached hydrogens (tertiary/aromatic N) is 1. The summed E-state index contributed by atoms with van der Waals surface area (Å²) >= 11 is 0. The van der Waals surface area contributed by atoms with Gasteiger partial charge in [-0.1, -0.05) is 13.3 Å². The van der Waals surface area contributed by atoms with Gasteiger partial charge in [0.2, 0.25) is 5.91 Å². The number of H-pyrrole nitrogens is 1. The van der Waals surface area contributed by atoms with E-state index in [9.17, 15) is 9.90 Å². The average molecular weight is 265 g/mol. The Labute approximate surface area is 113 Å². The molecule has 5 heteroatoms. The molecule has 2 atom stereocenters. The second-order valence-electron chi connectivity index (χ2n) is 5.91. The van der Waals surface area contributed by atoms with Crippen molar-refractivity contribution in [1.29, 1.82) is 0 Å². The van der Waals surface area contributed by atoms with E-state index in [1.807, 2.05) is 20.8 Å². The van der Waals surface area contributed by atoms with E-state index in [2.05, 4.69) is 15.5 Å². The highest BCUT2D eigenvalue weighted by atomic mass is 16.3. The van der Waals surface area contributed by atoms with Crippen molar-refractivity contribution in [2.24, 2.45) is 5.41 Å². The summed E-state index contributed by atoms with van der Waals surface area (Å²) in [6, 6.07) is 0.0810. The molecule has 3 N–H and O–H groups in total. The molecule has 1 aromatic rings. The van der Waals surface area contributed by atoms with Gasteiger partial charge in [0, 0.05) is 22.7 Å². The van der Waals surface area contributed by atoms with Gasteiger partial charge >= 0.3 is 0 Å². The average Bonchev–Trinajstić information content (AvgIpc) is 2.88. The van der Waals surface area contributed by atoms with E-state index in [0.29, 0.717) is 6.42 Å². The highest BCUT2D eigenvalue weighted by Gasteiger charge is 2.39. The van der Waals surface area contributed by atoms with Crippen molar-refractivity contribution < 1.29 is 9.90 Å². The summed E-state index contributed by atoms with van der Waals surface area (Å²) in [6.07, 6.45) is 3.34. The van der Waals surface area contributed by atoms with Crippen molar-refractivity contribution in [2.75, 3.05) is 6.61 Å². The van der Waals surface area contributed by atoms with Crippen LogP contribution in [0.25, 0.3) is 0 Å². The molecule has 1 fully saturated rings. The molecule has 0 spiro atoms. The summed E-state index contributed by atoms with van der Waals surface area (Å²) in [5, 5.41) is 19.6. The van der Waals surface area contributed by atoms with E-state index in [1.54, 1.807) is 0 Å². The van der Waals surface area contributed by atoms with Crippen LogP contribution in [0.15, 0.2) is 0 Å². The van der Waals surface area contributed by atoms with Gasteiger partial charge in [-0.2, -0.15) is 5.10 Å². The number of aromatic amines is 1. The zero-order chi connectivity index (χ0) is 14.0. The first-order valence-electron chi connectivity index (χ1n) is 6.87. The van der Waals surface area contributed by atoms with E-state index < -0.39 is 0 Å². The number of aryl methyl sites for hydroxylation is 2. The van der Waals surface area contributed by atoms with Crippen LogP contribution in [0.4, 0.5) is 0 Å². The smallest absolute Gasteiger partial charge is 0.224 e. The summed E-state index contributed by atoms with van der Waals surface area (Å²) in [4.78, 5) is 12.1. The zero-order valence-corrected chi connectivity index (χ0v) is 11.9. The largest absolute Gasteiger partial charge is 0.396 e. The molecule has 0 bridgehead atoms. The summed E-state index contributed by atoms with van der Waals surface area (Å²) in [5.41, 5.74) is 2.63. The van der Waals surface area contributed by atoms with Crippen LogP contribution in [0.5, 0.6) is 0 Å². The van der Waals surface area contributed by atoms with Gasteiger partial charge in [0.1, 0.15) is 0 Å². The Bertz CT molecular complexity index is 450. The van der Waals surface area contributed by atoms with Gasteiger partial charge in [0.15, 0.2) is 0 Å². The molecular weight excluding hydrogens is 242 g/mol. The lowest BCUT2D eigenvalue weighted by Gasteiger charge is -2.30. The maximum atomic E-state index is 12.1. The van der Waals surface area contributed by atoms with E-state index >= 15 is 0 Å². The summed E-state index contributed by atoms with van der Waals surface area (Å²) in [6.45, 7) is 6.00. The Morgan fingerprint density at radius 3 is 2.89 bits per heavy atom. The van der Waals surface area contributed by atoms with E-state index in [1.165, 1.54) is 0 Å². The molecule has 0 unspecified atom stereocenters. The van der Waals surface area contributed by atoms with E-state index in [-0.39, 0.29) is 24.0 Å². The number of rotatable bonds is 4. The van der Waals surface area contributed by atoms with Crippen molar-refractivity contribution in [3.05, 3.63) is 17.0 Å². The Hall–Kier alpha value is -1.36. The second kappa shape index (κ2) is 5.33. The molecule has 1 saturated carbocycles. The van der Waals surface area contributed by atoms with Crippen molar-refractivity contribution in [3.63, 3.8) is 0 Å². The molecule has 1 aromatic heterocycles. The van der Waals surface area contributed by atoms with Crippen LogP contribution in [0.1, 0.15) is 43.1 Å². The minimum atomic E-state index is -0.170. The first-order valence-corrected chi connectivity index (χ1v) is 6.87. The molecule has 0 aliphatic heterocycles. The molecule has 106 valence electrons. The fourth-order valence-corrected chi connectivity index (χ4v) is 2.91. The molecule has 5 nitrogen and oxygen atoms in total. The maximum Gasteiger partial charge on any atom is 0.224 e. The summed E-state index contributed by atoms with van der Waals surface area (Å²) in [7, 11) is 0. The number of aromatic nitrogens is 2. The number of aliphatic hydroxyl groups is 1. The van der Waals surface area contributed by atoms with Crippen LogP contribution < -0.4 is 5.32 Å².